The monoisotopic (exact) mass is 400 g/mol. The van der Waals surface area contributed by atoms with E-state index in [1.807, 2.05) is 37.3 Å². The molecule has 0 fully saturated rings. The van der Waals surface area contributed by atoms with E-state index in [2.05, 4.69) is 24.5 Å². The molecule has 0 radical (unpaired) electrons. The second-order valence-corrected chi connectivity index (χ2v) is 7.97. The number of benzene rings is 2. The number of carbonyl (C=O) groups is 2. The second-order valence-electron chi connectivity index (χ2n) is 7.56. The molecule has 0 aliphatic rings. The lowest BCUT2D eigenvalue weighted by Gasteiger charge is -2.21. The van der Waals surface area contributed by atoms with Gasteiger partial charge in [0.05, 0.1) is 23.0 Å². The molecule has 0 aliphatic heterocycles. The lowest BCUT2D eigenvalue weighted by atomic mass is 10.0. The molecule has 2 atom stereocenters. The van der Waals surface area contributed by atoms with Crippen LogP contribution in [0.2, 0.25) is 5.02 Å². The van der Waals surface area contributed by atoms with Gasteiger partial charge in [-0.3, -0.25) is 9.59 Å². The second kappa shape index (κ2) is 10.9. The van der Waals surface area contributed by atoms with Gasteiger partial charge in [-0.1, -0.05) is 67.9 Å². The number of rotatable bonds is 9. The Morgan fingerprint density at radius 2 is 1.54 bits per heavy atom. The molecule has 2 N–H and O–H groups in total. The first-order valence-corrected chi connectivity index (χ1v) is 10.1. The Balaban J connectivity index is 2.07. The molecule has 0 spiro atoms. The zero-order valence-corrected chi connectivity index (χ0v) is 17.5. The molecule has 5 heteroatoms. The van der Waals surface area contributed by atoms with Crippen LogP contribution >= 0.6 is 11.6 Å². The summed E-state index contributed by atoms with van der Waals surface area (Å²) in [7, 11) is 0. The van der Waals surface area contributed by atoms with Gasteiger partial charge < -0.3 is 10.6 Å². The van der Waals surface area contributed by atoms with Crippen molar-refractivity contribution in [2.45, 2.75) is 52.1 Å². The van der Waals surface area contributed by atoms with Crippen molar-refractivity contribution in [2.24, 2.45) is 5.92 Å². The third-order valence-corrected chi connectivity index (χ3v) is 4.93. The van der Waals surface area contributed by atoms with E-state index in [9.17, 15) is 9.59 Å². The van der Waals surface area contributed by atoms with E-state index in [1.54, 1.807) is 24.3 Å². The van der Waals surface area contributed by atoms with Gasteiger partial charge in [-0.15, -0.1) is 0 Å². The molecular formula is C23H29ClN2O2. The van der Waals surface area contributed by atoms with Crippen LogP contribution in [0.1, 0.15) is 62.0 Å². The van der Waals surface area contributed by atoms with Gasteiger partial charge in [-0.05, 0) is 43.4 Å². The van der Waals surface area contributed by atoms with Crippen LogP contribution in [0.4, 0.5) is 0 Å². The predicted octanol–water partition coefficient (Wildman–Crippen LogP) is 5.14. The molecule has 2 aromatic rings. The van der Waals surface area contributed by atoms with Crippen LogP contribution in [0.5, 0.6) is 0 Å². The lowest BCUT2D eigenvalue weighted by molar-refractivity contribution is -0.122. The van der Waals surface area contributed by atoms with Crippen molar-refractivity contribution in [1.82, 2.24) is 10.6 Å². The maximum absolute atomic E-state index is 12.7. The number of amides is 2. The maximum atomic E-state index is 12.7. The number of nitrogens with one attached hydrogen (secondary N) is 2. The molecule has 2 aromatic carbocycles. The van der Waals surface area contributed by atoms with Crippen molar-refractivity contribution in [3.05, 3.63) is 70.7 Å². The number of halogens is 1. The van der Waals surface area contributed by atoms with E-state index in [-0.39, 0.29) is 24.3 Å². The van der Waals surface area contributed by atoms with Gasteiger partial charge >= 0.3 is 0 Å². The molecule has 0 aromatic heterocycles. The summed E-state index contributed by atoms with van der Waals surface area (Å²) in [4.78, 5) is 25.3. The van der Waals surface area contributed by atoms with Gasteiger partial charge in [0, 0.05) is 6.04 Å². The zero-order chi connectivity index (χ0) is 20.5. The smallest absolute Gasteiger partial charge is 0.253 e. The number of hydrogen-bond donors (Lipinski definition) is 2. The van der Waals surface area contributed by atoms with Gasteiger partial charge in [0.1, 0.15) is 0 Å². The van der Waals surface area contributed by atoms with Crippen LogP contribution in [-0.4, -0.2) is 17.9 Å². The average molecular weight is 401 g/mol. The Bertz CT molecular complexity index is 777. The SMILES string of the molecule is CC(C)CCC(C)NC(=O)CC(NC(=O)c1ccccc1Cl)c1ccccc1. The van der Waals surface area contributed by atoms with Crippen LogP contribution < -0.4 is 10.6 Å². The fourth-order valence-electron chi connectivity index (χ4n) is 2.99. The van der Waals surface area contributed by atoms with Crippen molar-refractivity contribution in [2.75, 3.05) is 0 Å². The Labute approximate surface area is 172 Å². The van der Waals surface area contributed by atoms with Crippen molar-refractivity contribution in [3.8, 4) is 0 Å². The highest BCUT2D eigenvalue weighted by molar-refractivity contribution is 6.33. The summed E-state index contributed by atoms with van der Waals surface area (Å²) in [5, 5.41) is 6.39. The zero-order valence-electron chi connectivity index (χ0n) is 16.7. The Morgan fingerprint density at radius 1 is 0.893 bits per heavy atom. The van der Waals surface area contributed by atoms with Crippen molar-refractivity contribution < 1.29 is 9.59 Å². The van der Waals surface area contributed by atoms with Crippen molar-refractivity contribution in [1.29, 1.82) is 0 Å². The highest BCUT2D eigenvalue weighted by Crippen LogP contribution is 2.20. The van der Waals surface area contributed by atoms with Gasteiger partial charge in [-0.2, -0.15) is 0 Å². The summed E-state index contributed by atoms with van der Waals surface area (Å²) in [5.41, 5.74) is 1.28. The van der Waals surface area contributed by atoms with E-state index in [0.29, 0.717) is 16.5 Å². The molecule has 0 aliphatic carbocycles. The molecule has 0 saturated heterocycles. The van der Waals surface area contributed by atoms with Crippen LogP contribution in [0.15, 0.2) is 54.6 Å². The van der Waals surface area contributed by atoms with Crippen LogP contribution in [0.25, 0.3) is 0 Å². The average Bonchev–Trinajstić information content (AvgIpc) is 2.66. The van der Waals surface area contributed by atoms with Crippen molar-refractivity contribution >= 4 is 23.4 Å². The Hall–Kier alpha value is -2.33. The minimum absolute atomic E-state index is 0.0791. The molecule has 28 heavy (non-hydrogen) atoms. The summed E-state index contributed by atoms with van der Waals surface area (Å²) in [6.45, 7) is 6.36. The third kappa shape index (κ3) is 7.01. The normalized spacial score (nSPS) is 13.0. The minimum Gasteiger partial charge on any atom is -0.354 e. The van der Waals surface area contributed by atoms with E-state index in [0.717, 1.165) is 18.4 Å². The molecular weight excluding hydrogens is 372 g/mol. The molecule has 150 valence electrons. The molecule has 2 rings (SSSR count). The largest absolute Gasteiger partial charge is 0.354 e. The number of hydrogen-bond acceptors (Lipinski definition) is 2. The highest BCUT2D eigenvalue weighted by atomic mass is 35.5. The van der Waals surface area contributed by atoms with E-state index in [1.165, 1.54) is 0 Å². The third-order valence-electron chi connectivity index (χ3n) is 4.60. The van der Waals surface area contributed by atoms with Crippen LogP contribution in [0, 0.1) is 5.92 Å². The first-order valence-electron chi connectivity index (χ1n) is 9.76. The van der Waals surface area contributed by atoms with Gasteiger partial charge in [0.2, 0.25) is 5.91 Å². The molecule has 0 bridgehead atoms. The fraction of sp³-hybridized carbons (Fsp3) is 0.391. The molecule has 2 unspecified atom stereocenters. The molecule has 0 saturated carbocycles. The van der Waals surface area contributed by atoms with Crippen LogP contribution in [0.3, 0.4) is 0 Å². The van der Waals surface area contributed by atoms with Gasteiger partial charge in [0.25, 0.3) is 5.91 Å². The maximum Gasteiger partial charge on any atom is 0.253 e. The fourth-order valence-corrected chi connectivity index (χ4v) is 3.22. The topological polar surface area (TPSA) is 58.2 Å². The van der Waals surface area contributed by atoms with E-state index < -0.39 is 6.04 Å². The standard InChI is InChI=1S/C23H29ClN2O2/c1-16(2)13-14-17(3)25-22(27)15-21(18-9-5-4-6-10-18)26-23(28)19-11-7-8-12-20(19)24/h4-12,16-17,21H,13-15H2,1-3H3,(H,25,27)(H,26,28). The Morgan fingerprint density at radius 3 is 2.18 bits per heavy atom. The molecule has 4 nitrogen and oxygen atoms in total. The minimum atomic E-state index is -0.428. The summed E-state index contributed by atoms with van der Waals surface area (Å²) in [5.74, 6) is 0.232. The first kappa shape index (κ1) is 22.0. The summed E-state index contributed by atoms with van der Waals surface area (Å²) < 4.78 is 0. The van der Waals surface area contributed by atoms with Gasteiger partial charge in [0.15, 0.2) is 0 Å². The predicted molar refractivity (Wildman–Crippen MR) is 114 cm³/mol. The Kier molecular flexibility index (Phi) is 8.52. The lowest BCUT2D eigenvalue weighted by Crippen LogP contribution is -2.37. The molecule has 0 heterocycles. The van der Waals surface area contributed by atoms with Gasteiger partial charge in [-0.25, -0.2) is 0 Å². The molecule has 2 amide bonds. The summed E-state index contributed by atoms with van der Waals surface area (Å²) in [6.07, 6.45) is 2.17. The van der Waals surface area contributed by atoms with E-state index in [4.69, 9.17) is 11.6 Å². The highest BCUT2D eigenvalue weighted by Gasteiger charge is 2.21. The van der Waals surface area contributed by atoms with E-state index >= 15 is 0 Å². The summed E-state index contributed by atoms with van der Waals surface area (Å²) >= 11 is 6.14. The van der Waals surface area contributed by atoms with Crippen LogP contribution in [-0.2, 0) is 4.79 Å². The van der Waals surface area contributed by atoms with Crippen molar-refractivity contribution in [3.63, 3.8) is 0 Å². The summed E-state index contributed by atoms with van der Waals surface area (Å²) in [6, 6.07) is 16.1. The number of carbonyl (C=O) groups excluding carboxylic acids is 2. The quantitative estimate of drug-likeness (QED) is 0.612. The first-order chi connectivity index (χ1) is 13.4.